The average molecular weight is 221 g/mol. The van der Waals surface area contributed by atoms with Crippen LogP contribution in [0.2, 0.25) is 0 Å². The topological polar surface area (TPSA) is 49.3 Å². The first-order chi connectivity index (χ1) is 7.58. The lowest BCUT2D eigenvalue weighted by molar-refractivity contribution is -0.121. The molecular formula is C13H19NO2. The number of aliphatic hydroxyl groups is 1. The van der Waals surface area contributed by atoms with Crippen LogP contribution in [0.5, 0.6) is 0 Å². The molecule has 1 aromatic carbocycles. The number of amides is 1. The van der Waals surface area contributed by atoms with Crippen molar-refractivity contribution in [3.8, 4) is 0 Å². The van der Waals surface area contributed by atoms with Crippen LogP contribution in [0.3, 0.4) is 0 Å². The van der Waals surface area contributed by atoms with Crippen LogP contribution in [0.25, 0.3) is 0 Å². The number of carbonyl (C=O) groups is 1. The minimum Gasteiger partial charge on any atom is -0.392 e. The summed E-state index contributed by atoms with van der Waals surface area (Å²) in [6.45, 7) is 4.02. The summed E-state index contributed by atoms with van der Waals surface area (Å²) in [5, 5.41) is 11.7. The van der Waals surface area contributed by atoms with Gasteiger partial charge in [-0.05, 0) is 25.8 Å². The molecule has 0 saturated carbocycles. The van der Waals surface area contributed by atoms with Crippen molar-refractivity contribution in [2.45, 2.75) is 32.8 Å². The third-order valence-electron chi connectivity index (χ3n) is 2.32. The Balaban J connectivity index is 2.31. The molecule has 0 saturated heterocycles. The van der Waals surface area contributed by atoms with Crippen molar-refractivity contribution in [3.05, 3.63) is 35.4 Å². The van der Waals surface area contributed by atoms with Gasteiger partial charge < -0.3 is 10.4 Å². The highest BCUT2D eigenvalue weighted by molar-refractivity contribution is 5.76. The number of carbonyl (C=O) groups excluding carboxylic acids is 1. The molecule has 0 heterocycles. The molecule has 0 bridgehead atoms. The Labute approximate surface area is 96.5 Å². The Bertz CT molecular complexity index is 348. The molecule has 0 aliphatic carbocycles. The second kappa shape index (κ2) is 6.28. The minimum atomic E-state index is -0.483. The fraction of sp³-hybridized carbons (Fsp3) is 0.462. The lowest BCUT2D eigenvalue weighted by atomic mass is 10.1. The molecule has 3 nitrogen and oxygen atoms in total. The summed E-state index contributed by atoms with van der Waals surface area (Å²) < 4.78 is 0. The van der Waals surface area contributed by atoms with E-state index in [1.165, 1.54) is 11.1 Å². The van der Waals surface area contributed by atoms with E-state index in [2.05, 4.69) is 11.4 Å². The van der Waals surface area contributed by atoms with Crippen LogP contribution in [-0.2, 0) is 11.2 Å². The molecule has 1 amide bonds. The summed E-state index contributed by atoms with van der Waals surface area (Å²) in [4.78, 5) is 11.4. The fourth-order valence-corrected chi connectivity index (χ4v) is 1.48. The summed E-state index contributed by atoms with van der Waals surface area (Å²) in [5.41, 5.74) is 2.38. The van der Waals surface area contributed by atoms with E-state index in [9.17, 15) is 4.79 Å². The van der Waals surface area contributed by atoms with Crippen LogP contribution >= 0.6 is 0 Å². The standard InChI is InChI=1S/C13H19NO2/c1-10-4-3-5-12(8-10)6-7-13(16)14-9-11(2)15/h3-5,8,11,15H,6-7,9H2,1-2H3,(H,14,16). The van der Waals surface area contributed by atoms with Crippen LogP contribution < -0.4 is 5.32 Å². The third kappa shape index (κ3) is 4.94. The normalized spacial score (nSPS) is 12.2. The molecule has 1 atom stereocenters. The highest BCUT2D eigenvalue weighted by atomic mass is 16.3. The molecule has 0 aliphatic rings. The van der Waals surface area contributed by atoms with Gasteiger partial charge in [0.25, 0.3) is 0 Å². The smallest absolute Gasteiger partial charge is 0.220 e. The van der Waals surface area contributed by atoms with Gasteiger partial charge in [-0.15, -0.1) is 0 Å². The van der Waals surface area contributed by atoms with E-state index in [4.69, 9.17) is 5.11 Å². The molecule has 88 valence electrons. The van der Waals surface area contributed by atoms with Gasteiger partial charge in [-0.1, -0.05) is 29.8 Å². The zero-order valence-corrected chi connectivity index (χ0v) is 9.86. The number of hydrogen-bond donors (Lipinski definition) is 2. The molecule has 1 unspecified atom stereocenters. The van der Waals surface area contributed by atoms with Crippen molar-refractivity contribution in [3.63, 3.8) is 0 Å². The van der Waals surface area contributed by atoms with Crippen LogP contribution in [0.1, 0.15) is 24.5 Å². The predicted octanol–water partition coefficient (Wildman–Crippen LogP) is 1.42. The highest BCUT2D eigenvalue weighted by Gasteiger charge is 2.03. The molecule has 3 heteroatoms. The number of aliphatic hydroxyl groups excluding tert-OH is 1. The zero-order valence-electron chi connectivity index (χ0n) is 9.86. The van der Waals surface area contributed by atoms with Crippen LogP contribution in [0, 0.1) is 6.92 Å². The number of hydrogen-bond acceptors (Lipinski definition) is 2. The summed E-state index contributed by atoms with van der Waals surface area (Å²) in [5.74, 6) is -0.0117. The fourth-order valence-electron chi connectivity index (χ4n) is 1.48. The van der Waals surface area contributed by atoms with E-state index in [1.54, 1.807) is 6.92 Å². The predicted molar refractivity (Wildman–Crippen MR) is 64.2 cm³/mol. The number of benzene rings is 1. The van der Waals surface area contributed by atoms with Crippen molar-refractivity contribution in [1.82, 2.24) is 5.32 Å². The zero-order chi connectivity index (χ0) is 12.0. The van der Waals surface area contributed by atoms with Gasteiger partial charge in [0.15, 0.2) is 0 Å². The summed E-state index contributed by atoms with van der Waals surface area (Å²) in [6.07, 6.45) is 0.728. The summed E-state index contributed by atoms with van der Waals surface area (Å²) in [6, 6.07) is 8.15. The van der Waals surface area contributed by atoms with Gasteiger partial charge in [0, 0.05) is 13.0 Å². The van der Waals surface area contributed by atoms with E-state index in [0.29, 0.717) is 13.0 Å². The van der Waals surface area contributed by atoms with Crippen LogP contribution in [-0.4, -0.2) is 23.7 Å². The summed E-state index contributed by atoms with van der Waals surface area (Å²) in [7, 11) is 0. The van der Waals surface area contributed by atoms with Crippen molar-refractivity contribution >= 4 is 5.91 Å². The van der Waals surface area contributed by atoms with Gasteiger partial charge in [0.05, 0.1) is 6.10 Å². The molecular weight excluding hydrogens is 202 g/mol. The van der Waals surface area contributed by atoms with Crippen LogP contribution in [0.15, 0.2) is 24.3 Å². The maximum atomic E-state index is 11.4. The van der Waals surface area contributed by atoms with E-state index in [0.717, 1.165) is 6.42 Å². The summed E-state index contributed by atoms with van der Waals surface area (Å²) >= 11 is 0. The largest absolute Gasteiger partial charge is 0.392 e. The van der Waals surface area contributed by atoms with E-state index >= 15 is 0 Å². The Kier molecular flexibility index (Phi) is 4.99. The minimum absolute atomic E-state index is 0.0117. The first kappa shape index (κ1) is 12.7. The Hall–Kier alpha value is -1.35. The molecule has 0 aliphatic heterocycles. The second-order valence-corrected chi connectivity index (χ2v) is 4.14. The number of rotatable bonds is 5. The molecule has 1 aromatic rings. The van der Waals surface area contributed by atoms with Gasteiger partial charge in [0.1, 0.15) is 0 Å². The molecule has 0 aromatic heterocycles. The Morgan fingerprint density at radius 1 is 1.50 bits per heavy atom. The van der Waals surface area contributed by atoms with Gasteiger partial charge in [-0.2, -0.15) is 0 Å². The van der Waals surface area contributed by atoms with E-state index in [1.807, 2.05) is 25.1 Å². The van der Waals surface area contributed by atoms with Crippen molar-refractivity contribution in [2.24, 2.45) is 0 Å². The van der Waals surface area contributed by atoms with E-state index < -0.39 is 6.10 Å². The first-order valence-corrected chi connectivity index (χ1v) is 5.58. The van der Waals surface area contributed by atoms with Crippen molar-refractivity contribution in [1.29, 1.82) is 0 Å². The lowest BCUT2D eigenvalue weighted by Crippen LogP contribution is -2.30. The van der Waals surface area contributed by atoms with Gasteiger partial charge in [0.2, 0.25) is 5.91 Å². The van der Waals surface area contributed by atoms with E-state index in [-0.39, 0.29) is 5.91 Å². The maximum absolute atomic E-state index is 11.4. The molecule has 0 fully saturated rings. The molecule has 16 heavy (non-hydrogen) atoms. The SMILES string of the molecule is Cc1cccc(CCC(=O)NCC(C)O)c1. The monoisotopic (exact) mass is 221 g/mol. The maximum Gasteiger partial charge on any atom is 0.220 e. The lowest BCUT2D eigenvalue weighted by Gasteiger charge is -2.07. The van der Waals surface area contributed by atoms with Gasteiger partial charge >= 0.3 is 0 Å². The Morgan fingerprint density at radius 3 is 2.88 bits per heavy atom. The van der Waals surface area contributed by atoms with Crippen molar-refractivity contribution < 1.29 is 9.90 Å². The van der Waals surface area contributed by atoms with Crippen molar-refractivity contribution in [2.75, 3.05) is 6.54 Å². The second-order valence-electron chi connectivity index (χ2n) is 4.14. The first-order valence-electron chi connectivity index (χ1n) is 5.58. The molecule has 1 rings (SSSR count). The highest BCUT2D eigenvalue weighted by Crippen LogP contribution is 2.06. The molecule has 2 N–H and O–H groups in total. The van der Waals surface area contributed by atoms with Crippen LogP contribution in [0.4, 0.5) is 0 Å². The average Bonchev–Trinajstić information content (AvgIpc) is 2.23. The third-order valence-corrected chi connectivity index (χ3v) is 2.32. The number of aryl methyl sites for hydroxylation is 2. The molecule has 0 radical (unpaired) electrons. The van der Waals surface area contributed by atoms with Gasteiger partial charge in [-0.3, -0.25) is 4.79 Å². The van der Waals surface area contributed by atoms with Gasteiger partial charge in [-0.25, -0.2) is 0 Å². The Morgan fingerprint density at radius 2 is 2.25 bits per heavy atom. The molecule has 0 spiro atoms. The quantitative estimate of drug-likeness (QED) is 0.790. The number of nitrogens with one attached hydrogen (secondary N) is 1.